The summed E-state index contributed by atoms with van der Waals surface area (Å²) in [6.45, 7) is 7.55. The third-order valence-electron chi connectivity index (χ3n) is 5.38. The highest BCUT2D eigenvalue weighted by molar-refractivity contribution is 7.21. The van der Waals surface area contributed by atoms with E-state index in [1.54, 1.807) is 6.92 Å². The lowest BCUT2D eigenvalue weighted by Gasteiger charge is -2.14. The van der Waals surface area contributed by atoms with Crippen LogP contribution >= 0.6 is 11.3 Å². The Morgan fingerprint density at radius 1 is 1.15 bits per heavy atom. The number of carbonyl (C=O) groups is 2. The molecular formula is C26H26N2O5S. The number of fused-ring (bicyclic) bond motifs is 1. The highest BCUT2D eigenvalue weighted by Gasteiger charge is 2.29. The molecule has 1 N–H and O–H groups in total. The average Bonchev–Trinajstić information content (AvgIpc) is 3.37. The molecule has 4 aromatic rings. The van der Waals surface area contributed by atoms with Crippen molar-refractivity contribution in [1.82, 2.24) is 4.98 Å². The molecule has 7 nitrogen and oxygen atoms in total. The first-order valence-electron chi connectivity index (χ1n) is 10.9. The number of furan rings is 1. The van der Waals surface area contributed by atoms with Gasteiger partial charge in [-0.25, -0.2) is 9.78 Å². The van der Waals surface area contributed by atoms with Crippen molar-refractivity contribution in [2.24, 2.45) is 0 Å². The minimum absolute atomic E-state index is 0.138. The van der Waals surface area contributed by atoms with E-state index >= 15 is 0 Å². The third-order valence-corrected chi connectivity index (χ3v) is 6.44. The molecule has 0 bridgehead atoms. The van der Waals surface area contributed by atoms with E-state index in [-0.39, 0.29) is 24.0 Å². The molecule has 0 aliphatic rings. The van der Waals surface area contributed by atoms with E-state index in [0.717, 1.165) is 21.3 Å². The number of nitrogens with one attached hydrogen (secondary N) is 1. The molecule has 34 heavy (non-hydrogen) atoms. The van der Waals surface area contributed by atoms with Crippen molar-refractivity contribution in [2.75, 3.05) is 19.0 Å². The van der Waals surface area contributed by atoms with E-state index in [0.29, 0.717) is 22.1 Å². The van der Waals surface area contributed by atoms with Crippen molar-refractivity contribution in [3.63, 3.8) is 0 Å². The predicted octanol–water partition coefficient (Wildman–Crippen LogP) is 6.10. The van der Waals surface area contributed by atoms with Gasteiger partial charge in [0, 0.05) is 0 Å². The zero-order valence-electron chi connectivity index (χ0n) is 19.7. The number of esters is 1. The average molecular weight is 479 g/mol. The van der Waals surface area contributed by atoms with Crippen LogP contribution in [-0.2, 0) is 9.53 Å². The number of ether oxygens (including phenoxy) is 2. The Kier molecular flexibility index (Phi) is 6.70. The van der Waals surface area contributed by atoms with Gasteiger partial charge in [-0.3, -0.25) is 10.1 Å². The van der Waals surface area contributed by atoms with Gasteiger partial charge in [0.15, 0.2) is 6.61 Å². The predicted molar refractivity (Wildman–Crippen MR) is 133 cm³/mol. The summed E-state index contributed by atoms with van der Waals surface area (Å²) >= 11 is 1.40. The van der Waals surface area contributed by atoms with E-state index in [1.165, 1.54) is 18.4 Å². The summed E-state index contributed by atoms with van der Waals surface area (Å²) in [6, 6.07) is 13.6. The number of nitrogens with zero attached hydrogens (tertiary/aromatic N) is 1. The molecule has 0 radical (unpaired) electrons. The number of para-hydroxylation sites is 1. The van der Waals surface area contributed by atoms with Gasteiger partial charge in [-0.15, -0.1) is 11.3 Å². The fourth-order valence-electron chi connectivity index (χ4n) is 3.71. The number of amides is 1. The second-order valence-electron chi connectivity index (χ2n) is 8.25. The summed E-state index contributed by atoms with van der Waals surface area (Å²) in [7, 11) is 1.30. The van der Waals surface area contributed by atoms with Gasteiger partial charge in [0.2, 0.25) is 5.88 Å². The zero-order valence-corrected chi connectivity index (χ0v) is 20.5. The molecule has 2 aromatic heterocycles. The zero-order chi connectivity index (χ0) is 24.4. The molecular weight excluding hydrogens is 452 g/mol. The molecule has 8 heteroatoms. The highest BCUT2D eigenvalue weighted by atomic mass is 32.1. The van der Waals surface area contributed by atoms with Crippen molar-refractivity contribution >= 4 is 39.3 Å². The normalized spacial score (nSPS) is 11.1. The number of anilines is 1. The highest BCUT2D eigenvalue weighted by Crippen LogP contribution is 2.40. The van der Waals surface area contributed by atoms with Crippen molar-refractivity contribution < 1.29 is 23.5 Å². The number of benzene rings is 2. The summed E-state index contributed by atoms with van der Waals surface area (Å²) in [5.41, 5.74) is 3.49. The Morgan fingerprint density at radius 3 is 2.62 bits per heavy atom. The molecule has 0 saturated heterocycles. The number of hydrogen-bond donors (Lipinski definition) is 1. The number of methoxy groups -OCH3 is 1. The van der Waals surface area contributed by atoms with Crippen LogP contribution in [-0.4, -0.2) is 30.6 Å². The quantitative estimate of drug-likeness (QED) is 0.323. The van der Waals surface area contributed by atoms with E-state index in [4.69, 9.17) is 13.9 Å². The smallest absolute Gasteiger partial charge is 0.342 e. The van der Waals surface area contributed by atoms with Crippen LogP contribution < -0.4 is 10.1 Å². The summed E-state index contributed by atoms with van der Waals surface area (Å²) in [4.78, 5) is 30.0. The molecule has 1 amide bonds. The molecule has 0 spiro atoms. The number of aromatic nitrogens is 1. The van der Waals surface area contributed by atoms with E-state index < -0.39 is 11.9 Å². The van der Waals surface area contributed by atoms with Gasteiger partial charge in [0.05, 0.1) is 22.9 Å². The van der Waals surface area contributed by atoms with Gasteiger partial charge in [0.25, 0.3) is 5.91 Å². The Balaban J connectivity index is 1.64. The Hall–Kier alpha value is -3.65. The molecule has 0 saturated carbocycles. The molecule has 2 aromatic carbocycles. The van der Waals surface area contributed by atoms with Crippen LogP contribution in [0, 0.1) is 13.8 Å². The van der Waals surface area contributed by atoms with Crippen LogP contribution in [0.2, 0.25) is 0 Å². The van der Waals surface area contributed by atoms with Crippen LogP contribution in [0.5, 0.6) is 5.75 Å². The minimum atomic E-state index is -0.561. The van der Waals surface area contributed by atoms with Crippen molar-refractivity contribution in [3.05, 3.63) is 64.9 Å². The first kappa shape index (κ1) is 23.5. The monoisotopic (exact) mass is 478 g/mol. The number of rotatable bonds is 7. The Labute approximate surface area is 201 Å². The second kappa shape index (κ2) is 9.69. The summed E-state index contributed by atoms with van der Waals surface area (Å²) in [6.07, 6.45) is 0. The maximum absolute atomic E-state index is 12.8. The maximum atomic E-state index is 12.8. The van der Waals surface area contributed by atoms with E-state index in [2.05, 4.69) is 24.1 Å². The Bertz CT molecular complexity index is 1340. The SMILES string of the molecule is COC(=O)c1c(C)oc(NC(=O)COc2cc(C)ccc2C(C)C)c1-c1nc2ccccc2s1. The van der Waals surface area contributed by atoms with Crippen molar-refractivity contribution in [3.8, 4) is 16.3 Å². The molecule has 0 fully saturated rings. The molecule has 2 heterocycles. The van der Waals surface area contributed by atoms with Crippen LogP contribution in [0.4, 0.5) is 5.88 Å². The fraction of sp³-hybridized carbons (Fsp3) is 0.269. The van der Waals surface area contributed by atoms with Crippen LogP contribution in [0.15, 0.2) is 46.9 Å². The van der Waals surface area contributed by atoms with Crippen LogP contribution in [0.3, 0.4) is 0 Å². The minimum Gasteiger partial charge on any atom is -0.483 e. The first-order chi connectivity index (χ1) is 16.3. The molecule has 176 valence electrons. The molecule has 0 aliphatic heterocycles. The maximum Gasteiger partial charge on any atom is 0.342 e. The lowest BCUT2D eigenvalue weighted by atomic mass is 10.0. The topological polar surface area (TPSA) is 90.7 Å². The fourth-order valence-corrected chi connectivity index (χ4v) is 4.73. The van der Waals surface area contributed by atoms with Crippen molar-refractivity contribution in [1.29, 1.82) is 0 Å². The van der Waals surface area contributed by atoms with E-state index in [9.17, 15) is 9.59 Å². The van der Waals surface area contributed by atoms with Crippen LogP contribution in [0.25, 0.3) is 20.8 Å². The van der Waals surface area contributed by atoms with Gasteiger partial charge in [-0.2, -0.15) is 0 Å². The number of thiazole rings is 1. The Morgan fingerprint density at radius 2 is 1.91 bits per heavy atom. The van der Waals surface area contributed by atoms with Gasteiger partial charge in [-0.1, -0.05) is 38.1 Å². The van der Waals surface area contributed by atoms with Crippen LogP contribution in [0.1, 0.15) is 47.0 Å². The number of aryl methyl sites for hydroxylation is 2. The standard InChI is InChI=1S/C26H26N2O5S/c1-14(2)17-11-10-15(3)12-19(17)32-13-21(29)28-24-23(22(16(4)33-24)26(30)31-5)25-27-18-8-6-7-9-20(18)34-25/h6-12,14H,13H2,1-5H3,(H,28,29). The number of hydrogen-bond acceptors (Lipinski definition) is 7. The third kappa shape index (κ3) is 4.68. The summed E-state index contributed by atoms with van der Waals surface area (Å²) < 4.78 is 17.6. The first-order valence-corrected chi connectivity index (χ1v) is 11.7. The van der Waals surface area contributed by atoms with Gasteiger partial charge >= 0.3 is 5.97 Å². The molecule has 0 aliphatic carbocycles. The second-order valence-corrected chi connectivity index (χ2v) is 9.28. The van der Waals surface area contributed by atoms with Gasteiger partial charge in [0.1, 0.15) is 22.1 Å². The molecule has 4 rings (SSSR count). The van der Waals surface area contributed by atoms with Gasteiger partial charge < -0.3 is 13.9 Å². The van der Waals surface area contributed by atoms with Crippen molar-refractivity contribution in [2.45, 2.75) is 33.6 Å². The van der Waals surface area contributed by atoms with E-state index in [1.807, 2.05) is 49.4 Å². The number of carbonyl (C=O) groups excluding carboxylic acids is 2. The lowest BCUT2D eigenvalue weighted by Crippen LogP contribution is -2.21. The summed E-state index contributed by atoms with van der Waals surface area (Å²) in [5.74, 6) is 0.413. The molecule has 0 unspecified atom stereocenters. The van der Waals surface area contributed by atoms with Gasteiger partial charge in [-0.05, 0) is 49.1 Å². The molecule has 0 atom stereocenters. The summed E-state index contributed by atoms with van der Waals surface area (Å²) in [5, 5.41) is 3.31. The largest absolute Gasteiger partial charge is 0.483 e. The lowest BCUT2D eigenvalue weighted by molar-refractivity contribution is -0.118.